The number of pyridine rings is 1. The molecule has 0 unspecified atom stereocenters. The number of urea groups is 1. The number of rotatable bonds is 4. The van der Waals surface area contributed by atoms with E-state index in [-0.39, 0.29) is 16.9 Å². The number of hydrogen-bond donors (Lipinski definition) is 1. The molecule has 3 saturated carbocycles. The van der Waals surface area contributed by atoms with E-state index in [0.29, 0.717) is 29.9 Å². The molecule has 4 heterocycles. The Kier molecular flexibility index (Phi) is 4.44. The molecule has 0 atom stereocenters. The predicted octanol–water partition coefficient (Wildman–Crippen LogP) is 4.35. The van der Waals surface area contributed by atoms with E-state index in [2.05, 4.69) is 15.2 Å². The summed E-state index contributed by atoms with van der Waals surface area (Å²) in [5.41, 5.74) is 0.481. The second-order valence-electron chi connectivity index (χ2n) is 12.0. The first-order chi connectivity index (χ1) is 16.7. The molecule has 0 bridgehead atoms. The first kappa shape index (κ1) is 21.6. The molecule has 186 valence electrons. The zero-order chi connectivity index (χ0) is 24.0. The van der Waals surface area contributed by atoms with Crippen molar-refractivity contribution in [3.63, 3.8) is 0 Å². The van der Waals surface area contributed by atoms with Crippen LogP contribution in [0.15, 0.2) is 18.3 Å². The van der Waals surface area contributed by atoms with Gasteiger partial charge in [0.2, 0.25) is 0 Å². The van der Waals surface area contributed by atoms with Crippen LogP contribution in [0.4, 0.5) is 18.0 Å². The van der Waals surface area contributed by atoms with Gasteiger partial charge in [0.05, 0.1) is 5.56 Å². The van der Waals surface area contributed by atoms with Crippen molar-refractivity contribution in [3.05, 3.63) is 41.2 Å². The first-order valence-electron chi connectivity index (χ1n) is 12.7. The maximum absolute atomic E-state index is 12.9. The molecule has 1 N–H and O–H groups in total. The van der Waals surface area contributed by atoms with Crippen LogP contribution in [-0.2, 0) is 12.6 Å². The molecule has 2 aromatic rings. The highest BCUT2D eigenvalue weighted by molar-refractivity contribution is 5.77. The van der Waals surface area contributed by atoms with E-state index in [9.17, 15) is 18.0 Å². The van der Waals surface area contributed by atoms with Crippen molar-refractivity contribution in [2.24, 2.45) is 16.7 Å². The average molecular weight is 487 g/mol. The predicted molar refractivity (Wildman–Crippen MR) is 119 cm³/mol. The molecule has 7 rings (SSSR count). The molecule has 2 saturated heterocycles. The molecule has 3 aliphatic carbocycles. The van der Waals surface area contributed by atoms with E-state index in [1.165, 1.54) is 18.9 Å². The molecule has 2 aliphatic heterocycles. The summed E-state index contributed by atoms with van der Waals surface area (Å²) in [7, 11) is 0. The summed E-state index contributed by atoms with van der Waals surface area (Å²) in [6.07, 6.45) is 3.90. The minimum Gasteiger partial charge on any atom is -0.323 e. The highest BCUT2D eigenvalue weighted by Gasteiger charge is 2.58. The van der Waals surface area contributed by atoms with Gasteiger partial charge in [0.25, 0.3) is 0 Å². The smallest absolute Gasteiger partial charge is 0.323 e. The molecule has 35 heavy (non-hydrogen) atoms. The van der Waals surface area contributed by atoms with Gasteiger partial charge in [-0.2, -0.15) is 18.3 Å². The van der Waals surface area contributed by atoms with E-state index in [0.717, 1.165) is 75.8 Å². The second kappa shape index (κ2) is 7.20. The summed E-state index contributed by atoms with van der Waals surface area (Å²) in [4.78, 5) is 25.6. The van der Waals surface area contributed by atoms with Crippen molar-refractivity contribution in [1.82, 2.24) is 30.0 Å². The number of H-pyrrole nitrogens is 1. The number of nitrogens with zero attached hydrogens (tertiary/aromatic N) is 5. The highest BCUT2D eigenvalue weighted by atomic mass is 19.4. The van der Waals surface area contributed by atoms with Crippen LogP contribution < -0.4 is 0 Å². The van der Waals surface area contributed by atoms with E-state index in [1.54, 1.807) is 0 Å². The molecule has 0 aromatic carbocycles. The zero-order valence-electron chi connectivity index (χ0n) is 19.5. The quantitative estimate of drug-likeness (QED) is 0.697. The van der Waals surface area contributed by atoms with E-state index < -0.39 is 11.7 Å². The maximum Gasteiger partial charge on any atom is 0.417 e. The van der Waals surface area contributed by atoms with Gasteiger partial charge in [-0.1, -0.05) is 0 Å². The van der Waals surface area contributed by atoms with Crippen LogP contribution in [0.5, 0.6) is 0 Å². The van der Waals surface area contributed by atoms with Crippen LogP contribution in [0.3, 0.4) is 0 Å². The lowest BCUT2D eigenvalue weighted by Gasteiger charge is -2.63. The summed E-state index contributed by atoms with van der Waals surface area (Å²) in [6, 6.07) is 2.76. The van der Waals surface area contributed by atoms with Gasteiger partial charge in [-0.05, 0) is 63.0 Å². The van der Waals surface area contributed by atoms with E-state index in [1.807, 2.05) is 9.80 Å². The van der Waals surface area contributed by atoms with Gasteiger partial charge in [0, 0.05) is 60.7 Å². The molecule has 10 heteroatoms. The Labute approximate surface area is 201 Å². The Morgan fingerprint density at radius 3 is 2.23 bits per heavy atom. The standard InChI is InChI=1S/C25H29F3N6O/c26-25(27,28)18-3-4-19(29-10-18)5-15-6-23(7-15)11-33(12-23)22(35)34-13-24(14-34)8-17(9-24)21-30-20(31-32-21)16-1-2-16/h3-4,10,15-17H,1-2,5-9,11-14H2,(H,30,31,32). The van der Waals surface area contributed by atoms with Crippen LogP contribution in [0.25, 0.3) is 0 Å². The second-order valence-corrected chi connectivity index (χ2v) is 12.0. The van der Waals surface area contributed by atoms with Gasteiger partial charge in [0.15, 0.2) is 5.82 Å². The summed E-state index contributed by atoms with van der Waals surface area (Å²) < 4.78 is 38.1. The van der Waals surface area contributed by atoms with Crippen molar-refractivity contribution in [1.29, 1.82) is 0 Å². The number of carbonyl (C=O) groups is 1. The van der Waals surface area contributed by atoms with Crippen molar-refractivity contribution in [2.45, 2.75) is 63.0 Å². The van der Waals surface area contributed by atoms with Crippen LogP contribution in [0, 0.1) is 16.7 Å². The normalized spacial score (nSPS) is 25.2. The third-order valence-electron chi connectivity index (χ3n) is 8.95. The SMILES string of the molecule is O=C(N1CC2(CC(Cc3ccc(C(F)(F)F)cn3)C2)C1)N1CC2(CC(c3n[nH]c(C4CC4)n3)C2)C1. The molecule has 5 aliphatic rings. The first-order valence-corrected chi connectivity index (χ1v) is 12.7. The fraction of sp³-hybridized carbons (Fsp3) is 0.680. The van der Waals surface area contributed by atoms with Gasteiger partial charge >= 0.3 is 12.2 Å². The fourth-order valence-electron chi connectivity index (χ4n) is 7.01. The number of aromatic amines is 1. The molecular formula is C25H29F3N6O. The van der Waals surface area contributed by atoms with Crippen molar-refractivity contribution >= 4 is 6.03 Å². The number of likely N-dealkylation sites (tertiary alicyclic amines) is 2. The Hall–Kier alpha value is -2.65. The topological polar surface area (TPSA) is 78.0 Å². The lowest BCUT2D eigenvalue weighted by Crippen LogP contribution is -2.71. The largest absolute Gasteiger partial charge is 0.417 e. The molecule has 5 fully saturated rings. The third kappa shape index (κ3) is 3.71. The molecule has 7 nitrogen and oxygen atoms in total. The summed E-state index contributed by atoms with van der Waals surface area (Å²) in [6.45, 7) is 3.29. The molecular weight excluding hydrogens is 457 g/mol. The van der Waals surface area contributed by atoms with Crippen molar-refractivity contribution in [2.75, 3.05) is 26.2 Å². The zero-order valence-corrected chi connectivity index (χ0v) is 19.5. The van der Waals surface area contributed by atoms with Crippen LogP contribution in [-0.4, -0.2) is 62.2 Å². The van der Waals surface area contributed by atoms with Crippen LogP contribution in [0.2, 0.25) is 0 Å². The Morgan fingerprint density at radius 2 is 1.66 bits per heavy atom. The van der Waals surface area contributed by atoms with Gasteiger partial charge in [-0.3, -0.25) is 10.1 Å². The van der Waals surface area contributed by atoms with Gasteiger partial charge in [-0.25, -0.2) is 9.78 Å². The van der Waals surface area contributed by atoms with E-state index in [4.69, 9.17) is 4.98 Å². The fourth-order valence-corrected chi connectivity index (χ4v) is 7.01. The lowest BCUT2D eigenvalue weighted by molar-refractivity contribution is -0.137. The number of hydrogen-bond acceptors (Lipinski definition) is 4. The minimum atomic E-state index is -4.35. The summed E-state index contributed by atoms with van der Waals surface area (Å²) >= 11 is 0. The number of nitrogens with one attached hydrogen (secondary N) is 1. The van der Waals surface area contributed by atoms with Gasteiger partial charge in [0.1, 0.15) is 5.82 Å². The highest BCUT2D eigenvalue weighted by Crippen LogP contribution is 2.57. The molecule has 0 radical (unpaired) electrons. The number of amides is 2. The molecule has 2 amide bonds. The lowest BCUT2D eigenvalue weighted by atomic mass is 9.56. The molecule has 2 spiro atoms. The minimum absolute atomic E-state index is 0.159. The number of aromatic nitrogens is 4. The number of halogens is 3. The maximum atomic E-state index is 12.9. The third-order valence-corrected chi connectivity index (χ3v) is 8.95. The monoisotopic (exact) mass is 486 g/mol. The Bertz CT molecular complexity index is 1130. The van der Waals surface area contributed by atoms with Crippen LogP contribution in [0.1, 0.15) is 73.3 Å². The summed E-state index contributed by atoms with van der Waals surface area (Å²) in [5, 5.41) is 7.54. The average Bonchev–Trinajstić information content (AvgIpc) is 3.44. The molecule has 2 aromatic heterocycles. The number of carbonyl (C=O) groups excluding carboxylic acids is 1. The van der Waals surface area contributed by atoms with Crippen molar-refractivity contribution < 1.29 is 18.0 Å². The summed E-state index contributed by atoms with van der Waals surface area (Å²) in [5.74, 6) is 3.46. The van der Waals surface area contributed by atoms with Crippen LogP contribution >= 0.6 is 0 Å². The van der Waals surface area contributed by atoms with E-state index >= 15 is 0 Å². The van der Waals surface area contributed by atoms with Gasteiger partial charge < -0.3 is 9.80 Å². The Balaban J connectivity index is 0.840. The van der Waals surface area contributed by atoms with Gasteiger partial charge in [-0.15, -0.1) is 0 Å². The number of alkyl halides is 3. The van der Waals surface area contributed by atoms with Crippen molar-refractivity contribution in [3.8, 4) is 0 Å². The Morgan fingerprint density at radius 1 is 1.00 bits per heavy atom.